The lowest BCUT2D eigenvalue weighted by Crippen LogP contribution is -2.33. The summed E-state index contributed by atoms with van der Waals surface area (Å²) in [5, 5.41) is 11.3. The molecule has 0 saturated heterocycles. The van der Waals surface area contributed by atoms with Crippen LogP contribution in [0.2, 0.25) is 0 Å². The molecule has 158 valence electrons. The molecule has 0 saturated carbocycles. The minimum Gasteiger partial charge on any atom is -0.444 e. The highest BCUT2D eigenvalue weighted by molar-refractivity contribution is 6.05. The average Bonchev–Trinajstić information content (AvgIpc) is 3.16. The van der Waals surface area contributed by atoms with E-state index in [-0.39, 0.29) is 12.6 Å². The number of amides is 1. The fourth-order valence-corrected chi connectivity index (χ4v) is 3.82. The van der Waals surface area contributed by atoms with Crippen molar-refractivity contribution >= 4 is 11.9 Å². The fraction of sp³-hybridized carbons (Fsp3) is 0.120. The van der Waals surface area contributed by atoms with E-state index in [1.165, 1.54) is 0 Å². The van der Waals surface area contributed by atoms with E-state index in [0.717, 1.165) is 22.4 Å². The summed E-state index contributed by atoms with van der Waals surface area (Å²) in [6.45, 7) is 2.04. The zero-order chi connectivity index (χ0) is 21.9. The molecule has 1 aliphatic heterocycles. The number of rotatable bonds is 3. The van der Waals surface area contributed by atoms with E-state index in [1.54, 1.807) is 0 Å². The molecule has 0 radical (unpaired) electrons. The molecule has 32 heavy (non-hydrogen) atoms. The predicted molar refractivity (Wildman–Crippen MR) is 121 cm³/mol. The van der Waals surface area contributed by atoms with Crippen LogP contribution in [0.15, 0.2) is 89.9 Å². The summed E-state index contributed by atoms with van der Waals surface area (Å²) in [4.78, 5) is 17.6. The second-order valence-corrected chi connectivity index (χ2v) is 7.44. The Bertz CT molecular complexity index is 1280. The molecule has 0 bridgehead atoms. The highest BCUT2D eigenvalue weighted by atomic mass is 16.5. The molecular formula is C25H21N5O2. The van der Waals surface area contributed by atoms with Crippen molar-refractivity contribution < 1.29 is 9.53 Å². The van der Waals surface area contributed by atoms with Crippen molar-refractivity contribution in [3.05, 3.63) is 113 Å². The first kappa shape index (κ1) is 19.7. The zero-order valence-corrected chi connectivity index (χ0v) is 17.5. The number of nitrogens with one attached hydrogen (secondary N) is 1. The van der Waals surface area contributed by atoms with Crippen molar-refractivity contribution in [2.75, 3.05) is 0 Å². The first-order chi connectivity index (χ1) is 15.7. The van der Waals surface area contributed by atoms with Crippen LogP contribution in [0.1, 0.15) is 34.4 Å². The SMILES string of the molecule is Cc1nnc2n1-c1ccccc1C(c1ccccc1)N=C2NC(=O)OCc1ccccc1. The number of carbonyl (C=O) groups excluding carboxylic acids is 1. The van der Waals surface area contributed by atoms with Crippen molar-refractivity contribution in [1.29, 1.82) is 0 Å². The molecule has 3 aromatic carbocycles. The van der Waals surface area contributed by atoms with Crippen molar-refractivity contribution in [3.8, 4) is 5.69 Å². The van der Waals surface area contributed by atoms with Crippen LogP contribution in [-0.4, -0.2) is 26.7 Å². The number of hydrogen-bond donors (Lipinski definition) is 1. The van der Waals surface area contributed by atoms with Gasteiger partial charge in [-0.3, -0.25) is 14.9 Å². The van der Waals surface area contributed by atoms with Gasteiger partial charge in [-0.2, -0.15) is 0 Å². The van der Waals surface area contributed by atoms with E-state index in [4.69, 9.17) is 9.73 Å². The summed E-state index contributed by atoms with van der Waals surface area (Å²) in [6.07, 6.45) is -0.599. The van der Waals surface area contributed by atoms with Gasteiger partial charge in [0.05, 0.1) is 5.69 Å². The molecule has 7 nitrogen and oxygen atoms in total. The Labute approximate surface area is 185 Å². The Balaban J connectivity index is 1.53. The Morgan fingerprint density at radius 1 is 0.938 bits per heavy atom. The molecule has 2 heterocycles. The fourth-order valence-electron chi connectivity index (χ4n) is 3.82. The molecule has 0 spiro atoms. The predicted octanol–water partition coefficient (Wildman–Crippen LogP) is 4.35. The molecule has 7 heteroatoms. The molecule has 4 aromatic rings. The highest BCUT2D eigenvalue weighted by Gasteiger charge is 2.28. The smallest absolute Gasteiger partial charge is 0.413 e. The molecule has 1 atom stereocenters. The number of alkyl carbamates (subject to hydrolysis) is 1. The van der Waals surface area contributed by atoms with Gasteiger partial charge >= 0.3 is 6.09 Å². The van der Waals surface area contributed by atoms with Crippen LogP contribution in [0.4, 0.5) is 4.79 Å². The Morgan fingerprint density at radius 3 is 2.41 bits per heavy atom. The normalized spacial score (nSPS) is 14.5. The number of carbonyl (C=O) groups is 1. The standard InChI is InChI=1S/C25H21N5O2/c1-17-28-29-24-23(27-25(31)32-16-18-10-4-2-5-11-18)26-22(19-12-6-3-7-13-19)20-14-8-9-15-21(20)30(17)24/h2-15,22H,16H2,1H3,(H,26,27,31). The second kappa shape index (κ2) is 8.47. The maximum Gasteiger partial charge on any atom is 0.413 e. The molecule has 1 aromatic heterocycles. The minimum atomic E-state index is -0.599. The summed E-state index contributed by atoms with van der Waals surface area (Å²) >= 11 is 0. The van der Waals surface area contributed by atoms with Crippen molar-refractivity contribution in [3.63, 3.8) is 0 Å². The summed E-state index contributed by atoms with van der Waals surface area (Å²) < 4.78 is 7.33. The van der Waals surface area contributed by atoms with Gasteiger partial charge in [0.2, 0.25) is 5.82 Å². The van der Waals surface area contributed by atoms with Crippen LogP contribution in [0.3, 0.4) is 0 Å². The number of hydrogen-bond acceptors (Lipinski definition) is 5. The number of ether oxygens (including phenoxy) is 1. The Kier molecular flexibility index (Phi) is 5.21. The molecule has 1 unspecified atom stereocenters. The Hall–Kier alpha value is -4.26. The molecule has 1 N–H and O–H groups in total. The number of fused-ring (bicyclic) bond motifs is 3. The monoisotopic (exact) mass is 423 g/mol. The van der Waals surface area contributed by atoms with Gasteiger partial charge in [-0.05, 0) is 24.1 Å². The number of aliphatic imine (C=N–C) groups is 1. The average molecular weight is 423 g/mol. The molecule has 1 aliphatic rings. The minimum absolute atomic E-state index is 0.161. The van der Waals surface area contributed by atoms with Crippen LogP contribution in [0, 0.1) is 6.92 Å². The van der Waals surface area contributed by atoms with Crippen molar-refractivity contribution in [2.45, 2.75) is 19.6 Å². The van der Waals surface area contributed by atoms with Crippen LogP contribution in [0.25, 0.3) is 5.69 Å². The summed E-state index contributed by atoms with van der Waals surface area (Å²) in [7, 11) is 0. The number of aromatic nitrogens is 3. The van der Waals surface area contributed by atoms with Crippen LogP contribution in [0.5, 0.6) is 0 Å². The summed E-state index contributed by atoms with van der Waals surface area (Å²) in [6, 6.07) is 27.2. The lowest BCUT2D eigenvalue weighted by molar-refractivity contribution is 0.145. The quantitative estimate of drug-likeness (QED) is 0.531. The van der Waals surface area contributed by atoms with Crippen LogP contribution < -0.4 is 5.32 Å². The third-order valence-corrected chi connectivity index (χ3v) is 5.32. The summed E-state index contributed by atoms with van der Waals surface area (Å²) in [5.74, 6) is 1.48. The van der Waals surface area contributed by atoms with Gasteiger partial charge in [0.1, 0.15) is 18.5 Å². The highest BCUT2D eigenvalue weighted by Crippen LogP contribution is 2.34. The third-order valence-electron chi connectivity index (χ3n) is 5.32. The number of amidine groups is 1. The molecule has 0 aliphatic carbocycles. The van der Waals surface area contributed by atoms with Gasteiger partial charge in [0.15, 0.2) is 5.84 Å². The van der Waals surface area contributed by atoms with E-state index >= 15 is 0 Å². The topological polar surface area (TPSA) is 81.4 Å². The zero-order valence-electron chi connectivity index (χ0n) is 17.5. The van der Waals surface area contributed by atoms with E-state index in [9.17, 15) is 4.79 Å². The lowest BCUT2D eigenvalue weighted by Gasteiger charge is -2.16. The van der Waals surface area contributed by atoms with Gasteiger partial charge in [-0.1, -0.05) is 78.9 Å². The second-order valence-electron chi connectivity index (χ2n) is 7.44. The number of aryl methyl sites for hydroxylation is 1. The maximum atomic E-state index is 12.7. The van der Waals surface area contributed by atoms with Gasteiger partial charge in [0, 0.05) is 5.56 Å². The molecule has 0 fully saturated rings. The molecular weight excluding hydrogens is 402 g/mol. The van der Waals surface area contributed by atoms with Crippen LogP contribution >= 0.6 is 0 Å². The van der Waals surface area contributed by atoms with E-state index in [1.807, 2.05) is 96.4 Å². The number of para-hydroxylation sites is 1. The molecule has 5 rings (SSSR count). The van der Waals surface area contributed by atoms with Crippen molar-refractivity contribution in [1.82, 2.24) is 20.1 Å². The van der Waals surface area contributed by atoms with Gasteiger partial charge in [-0.25, -0.2) is 4.79 Å². The maximum absolute atomic E-state index is 12.7. The van der Waals surface area contributed by atoms with Crippen LogP contribution in [-0.2, 0) is 11.3 Å². The van der Waals surface area contributed by atoms with Gasteiger partial charge in [0.25, 0.3) is 0 Å². The van der Waals surface area contributed by atoms with E-state index in [2.05, 4.69) is 15.5 Å². The first-order valence-corrected chi connectivity index (χ1v) is 10.3. The third kappa shape index (κ3) is 3.76. The number of nitrogens with zero attached hydrogens (tertiary/aromatic N) is 4. The number of benzene rings is 3. The van der Waals surface area contributed by atoms with E-state index < -0.39 is 6.09 Å². The van der Waals surface area contributed by atoms with Gasteiger partial charge < -0.3 is 4.74 Å². The largest absolute Gasteiger partial charge is 0.444 e. The van der Waals surface area contributed by atoms with Gasteiger partial charge in [-0.15, -0.1) is 10.2 Å². The molecule has 1 amide bonds. The van der Waals surface area contributed by atoms with E-state index in [0.29, 0.717) is 17.5 Å². The Morgan fingerprint density at radius 2 is 1.62 bits per heavy atom. The van der Waals surface area contributed by atoms with Crippen molar-refractivity contribution in [2.24, 2.45) is 4.99 Å². The lowest BCUT2D eigenvalue weighted by atomic mass is 9.98. The summed E-state index contributed by atoms with van der Waals surface area (Å²) in [5.41, 5.74) is 3.83. The first-order valence-electron chi connectivity index (χ1n) is 10.3.